The van der Waals surface area contributed by atoms with Gasteiger partial charge in [-0.25, -0.2) is 8.42 Å². The van der Waals surface area contributed by atoms with Crippen LogP contribution in [0.3, 0.4) is 0 Å². The van der Waals surface area contributed by atoms with E-state index in [0.717, 1.165) is 5.69 Å². The molecule has 3 rings (SSSR count). The summed E-state index contributed by atoms with van der Waals surface area (Å²) in [7, 11) is -2.30. The lowest BCUT2D eigenvalue weighted by molar-refractivity contribution is -0.138. The highest BCUT2D eigenvalue weighted by Crippen LogP contribution is 2.27. The van der Waals surface area contributed by atoms with Crippen molar-refractivity contribution < 1.29 is 22.7 Å². The number of ether oxygens (including phenoxy) is 2. The molecule has 1 aromatic carbocycles. The number of fused-ring (bicyclic) bond motifs is 1. The van der Waals surface area contributed by atoms with Crippen molar-refractivity contribution in [3.8, 4) is 0 Å². The van der Waals surface area contributed by atoms with Crippen LogP contribution < -0.4 is 5.32 Å². The van der Waals surface area contributed by atoms with Crippen LogP contribution in [0, 0.1) is 6.92 Å². The number of carbonyl (C=O) groups excluding carboxylic acids is 1. The number of hydrogen-bond acceptors (Lipinski definition) is 7. The van der Waals surface area contributed by atoms with Gasteiger partial charge in [0.05, 0.1) is 30.7 Å². The standard InChI is InChI=1S/C17H21N3O5S/c1-12-9-16(18-11-17(21)24-2)14-10-13(3-4-15(14)19-12)26(22,23)20-5-7-25-8-6-20/h3-4,9-10H,5-8,11H2,1-2H3,(H,18,19). The maximum atomic E-state index is 12.9. The lowest BCUT2D eigenvalue weighted by atomic mass is 10.1. The van der Waals surface area contributed by atoms with E-state index in [1.54, 1.807) is 24.3 Å². The highest BCUT2D eigenvalue weighted by molar-refractivity contribution is 7.89. The van der Waals surface area contributed by atoms with E-state index in [4.69, 9.17) is 4.74 Å². The van der Waals surface area contributed by atoms with E-state index in [0.29, 0.717) is 42.9 Å². The number of sulfonamides is 1. The largest absolute Gasteiger partial charge is 0.468 e. The summed E-state index contributed by atoms with van der Waals surface area (Å²) in [5.74, 6) is -0.412. The maximum Gasteiger partial charge on any atom is 0.325 e. The van der Waals surface area contributed by atoms with Crippen molar-refractivity contribution in [1.29, 1.82) is 0 Å². The SMILES string of the molecule is COC(=O)CNc1cc(C)nc2ccc(S(=O)(=O)N3CCOCC3)cc12. The Morgan fingerprint density at radius 3 is 2.73 bits per heavy atom. The summed E-state index contributed by atoms with van der Waals surface area (Å²) in [6.07, 6.45) is 0. The van der Waals surface area contributed by atoms with Crippen LogP contribution in [0.15, 0.2) is 29.2 Å². The van der Waals surface area contributed by atoms with Crippen molar-refractivity contribution in [2.24, 2.45) is 0 Å². The van der Waals surface area contributed by atoms with E-state index >= 15 is 0 Å². The third kappa shape index (κ3) is 3.79. The number of morpholine rings is 1. The van der Waals surface area contributed by atoms with E-state index in [1.807, 2.05) is 6.92 Å². The predicted molar refractivity (Wildman–Crippen MR) is 96.6 cm³/mol. The zero-order chi connectivity index (χ0) is 18.7. The Balaban J connectivity index is 2.01. The van der Waals surface area contributed by atoms with Crippen molar-refractivity contribution in [2.45, 2.75) is 11.8 Å². The first-order valence-corrected chi connectivity index (χ1v) is 9.66. The van der Waals surface area contributed by atoms with E-state index < -0.39 is 16.0 Å². The average molecular weight is 379 g/mol. The van der Waals surface area contributed by atoms with Crippen LogP contribution in [0.1, 0.15) is 5.69 Å². The summed E-state index contributed by atoms with van der Waals surface area (Å²) in [6, 6.07) is 6.60. The summed E-state index contributed by atoms with van der Waals surface area (Å²) in [6.45, 7) is 3.26. The molecule has 1 saturated heterocycles. The first-order valence-electron chi connectivity index (χ1n) is 8.22. The Morgan fingerprint density at radius 2 is 2.04 bits per heavy atom. The molecule has 0 atom stereocenters. The fourth-order valence-corrected chi connectivity index (χ4v) is 4.25. The average Bonchev–Trinajstić information content (AvgIpc) is 2.66. The Hall–Kier alpha value is -2.23. The molecule has 2 heterocycles. The Bertz CT molecular complexity index is 923. The van der Waals surface area contributed by atoms with Gasteiger partial charge in [0.25, 0.3) is 0 Å². The van der Waals surface area contributed by atoms with Gasteiger partial charge in [-0.1, -0.05) is 0 Å². The number of esters is 1. The molecule has 140 valence electrons. The molecule has 0 spiro atoms. The number of nitrogens with zero attached hydrogens (tertiary/aromatic N) is 2. The van der Waals surface area contributed by atoms with Gasteiger partial charge in [0.2, 0.25) is 10.0 Å². The quantitative estimate of drug-likeness (QED) is 0.778. The van der Waals surface area contributed by atoms with Gasteiger partial charge in [0.1, 0.15) is 6.54 Å². The van der Waals surface area contributed by atoms with Gasteiger partial charge >= 0.3 is 5.97 Å². The fourth-order valence-electron chi connectivity index (χ4n) is 2.82. The molecule has 26 heavy (non-hydrogen) atoms. The second-order valence-corrected chi connectivity index (χ2v) is 7.87. The molecule has 1 aromatic heterocycles. The number of benzene rings is 1. The minimum Gasteiger partial charge on any atom is -0.468 e. The van der Waals surface area contributed by atoms with Crippen LogP contribution in [0.25, 0.3) is 10.9 Å². The number of methoxy groups -OCH3 is 1. The van der Waals surface area contributed by atoms with E-state index in [9.17, 15) is 13.2 Å². The van der Waals surface area contributed by atoms with Gasteiger partial charge in [0, 0.05) is 29.9 Å². The minimum absolute atomic E-state index is 0.0184. The van der Waals surface area contributed by atoms with Crippen LogP contribution in [-0.4, -0.2) is 63.6 Å². The zero-order valence-electron chi connectivity index (χ0n) is 14.7. The second kappa shape index (κ2) is 7.56. The maximum absolute atomic E-state index is 12.9. The normalized spacial score (nSPS) is 15.8. The summed E-state index contributed by atoms with van der Waals surface area (Å²) in [5, 5.41) is 3.63. The summed E-state index contributed by atoms with van der Waals surface area (Å²) < 4.78 is 37.0. The Kier molecular flexibility index (Phi) is 5.40. The molecule has 0 amide bonds. The molecule has 0 unspecified atom stereocenters. The topological polar surface area (TPSA) is 97.8 Å². The molecule has 1 fully saturated rings. The Labute approximate surface area is 152 Å². The molecular formula is C17H21N3O5S. The first kappa shape index (κ1) is 18.6. The number of pyridine rings is 1. The molecule has 0 bridgehead atoms. The van der Waals surface area contributed by atoms with E-state index in [2.05, 4.69) is 15.0 Å². The van der Waals surface area contributed by atoms with Gasteiger partial charge in [-0.05, 0) is 31.2 Å². The third-order valence-corrected chi connectivity index (χ3v) is 6.06. The van der Waals surface area contributed by atoms with E-state index in [-0.39, 0.29) is 11.4 Å². The van der Waals surface area contributed by atoms with Crippen LogP contribution in [-0.2, 0) is 24.3 Å². The highest BCUT2D eigenvalue weighted by Gasteiger charge is 2.26. The lowest BCUT2D eigenvalue weighted by Crippen LogP contribution is -2.40. The lowest BCUT2D eigenvalue weighted by Gasteiger charge is -2.26. The molecule has 0 aliphatic carbocycles. The monoisotopic (exact) mass is 379 g/mol. The molecule has 1 aliphatic rings. The zero-order valence-corrected chi connectivity index (χ0v) is 15.5. The Morgan fingerprint density at radius 1 is 1.31 bits per heavy atom. The van der Waals surface area contributed by atoms with Crippen LogP contribution in [0.4, 0.5) is 5.69 Å². The van der Waals surface area contributed by atoms with Crippen LogP contribution in [0.2, 0.25) is 0 Å². The molecule has 8 nitrogen and oxygen atoms in total. The van der Waals surface area contributed by atoms with Crippen LogP contribution in [0.5, 0.6) is 0 Å². The molecule has 1 aliphatic heterocycles. The number of carbonyl (C=O) groups is 1. The number of anilines is 1. The predicted octanol–water partition coefficient (Wildman–Crippen LogP) is 1.15. The van der Waals surface area contributed by atoms with Gasteiger partial charge in [-0.15, -0.1) is 0 Å². The minimum atomic E-state index is -3.61. The van der Waals surface area contributed by atoms with Crippen molar-refractivity contribution in [2.75, 3.05) is 45.3 Å². The molecule has 0 saturated carbocycles. The van der Waals surface area contributed by atoms with Crippen molar-refractivity contribution in [3.63, 3.8) is 0 Å². The molecular weight excluding hydrogens is 358 g/mol. The van der Waals surface area contributed by atoms with Gasteiger partial charge in [-0.3, -0.25) is 9.78 Å². The summed E-state index contributed by atoms with van der Waals surface area (Å²) >= 11 is 0. The number of aryl methyl sites for hydroxylation is 1. The second-order valence-electron chi connectivity index (χ2n) is 5.94. The van der Waals surface area contributed by atoms with Gasteiger partial charge < -0.3 is 14.8 Å². The highest BCUT2D eigenvalue weighted by atomic mass is 32.2. The third-order valence-electron chi connectivity index (χ3n) is 4.17. The van der Waals surface area contributed by atoms with E-state index in [1.165, 1.54) is 11.4 Å². The smallest absolute Gasteiger partial charge is 0.325 e. The molecule has 2 aromatic rings. The molecule has 1 N–H and O–H groups in total. The van der Waals surface area contributed by atoms with Crippen molar-refractivity contribution >= 4 is 32.6 Å². The van der Waals surface area contributed by atoms with Crippen molar-refractivity contribution in [3.05, 3.63) is 30.0 Å². The van der Waals surface area contributed by atoms with Gasteiger partial charge in [0.15, 0.2) is 0 Å². The van der Waals surface area contributed by atoms with Gasteiger partial charge in [-0.2, -0.15) is 4.31 Å². The number of nitrogens with one attached hydrogen (secondary N) is 1. The van der Waals surface area contributed by atoms with Crippen molar-refractivity contribution in [1.82, 2.24) is 9.29 Å². The van der Waals surface area contributed by atoms with Crippen LogP contribution >= 0.6 is 0 Å². The summed E-state index contributed by atoms with van der Waals surface area (Å²) in [4.78, 5) is 16.1. The number of hydrogen-bond donors (Lipinski definition) is 1. The fraction of sp³-hybridized carbons (Fsp3) is 0.412. The number of aromatic nitrogens is 1. The first-order chi connectivity index (χ1) is 12.4. The molecule has 9 heteroatoms. The number of rotatable bonds is 5. The summed E-state index contributed by atoms with van der Waals surface area (Å²) in [5.41, 5.74) is 2.05. The molecule has 0 radical (unpaired) electrons.